The van der Waals surface area contributed by atoms with Crippen molar-refractivity contribution in [3.63, 3.8) is 0 Å². The number of rotatable bonds is 7. The van der Waals surface area contributed by atoms with E-state index in [4.69, 9.17) is 0 Å². The van der Waals surface area contributed by atoms with Gasteiger partial charge in [-0.25, -0.2) is 0 Å². The molecule has 3 heteroatoms. The molecule has 1 aromatic rings. The number of thiophene rings is 1. The van der Waals surface area contributed by atoms with E-state index in [2.05, 4.69) is 54.2 Å². The molecule has 0 saturated heterocycles. The molecule has 0 fully saturated rings. The van der Waals surface area contributed by atoms with Gasteiger partial charge in [0.05, 0.1) is 3.79 Å². The summed E-state index contributed by atoms with van der Waals surface area (Å²) in [7, 11) is 0. The normalized spacial score (nSPS) is 13.3. The molecule has 0 bridgehead atoms. The minimum Gasteiger partial charge on any atom is -0.314 e. The van der Waals surface area contributed by atoms with Crippen molar-refractivity contribution in [2.24, 2.45) is 5.92 Å². The summed E-state index contributed by atoms with van der Waals surface area (Å²) in [5, 5.41) is 3.55. The summed E-state index contributed by atoms with van der Waals surface area (Å²) in [6.07, 6.45) is 3.80. The molecular formula is C13H22BrNS. The van der Waals surface area contributed by atoms with Gasteiger partial charge in [-0.3, -0.25) is 0 Å². The predicted octanol–water partition coefficient (Wildman–Crippen LogP) is 4.47. The molecule has 0 aliphatic heterocycles. The van der Waals surface area contributed by atoms with Crippen LogP contribution in [0.5, 0.6) is 0 Å². The highest BCUT2D eigenvalue weighted by Crippen LogP contribution is 2.25. The number of nitrogens with one attached hydrogen (secondary N) is 1. The van der Waals surface area contributed by atoms with E-state index in [0.717, 1.165) is 12.5 Å². The maximum Gasteiger partial charge on any atom is 0.0701 e. The van der Waals surface area contributed by atoms with Crippen molar-refractivity contribution in [1.82, 2.24) is 5.32 Å². The van der Waals surface area contributed by atoms with Gasteiger partial charge in [0.2, 0.25) is 0 Å². The lowest BCUT2D eigenvalue weighted by molar-refractivity contribution is 0.420. The fourth-order valence-corrected chi connectivity index (χ4v) is 3.43. The second kappa shape index (κ2) is 7.46. The third-order valence-electron chi connectivity index (χ3n) is 2.63. The Labute approximate surface area is 112 Å². The van der Waals surface area contributed by atoms with Crippen molar-refractivity contribution < 1.29 is 0 Å². The Morgan fingerprint density at radius 3 is 2.62 bits per heavy atom. The Hall–Kier alpha value is 0.140. The van der Waals surface area contributed by atoms with E-state index in [0.29, 0.717) is 6.04 Å². The van der Waals surface area contributed by atoms with Gasteiger partial charge in [0, 0.05) is 10.9 Å². The van der Waals surface area contributed by atoms with Crippen LogP contribution in [0, 0.1) is 5.92 Å². The van der Waals surface area contributed by atoms with Crippen LogP contribution in [-0.2, 0) is 6.42 Å². The Morgan fingerprint density at radius 1 is 1.38 bits per heavy atom. The molecule has 16 heavy (non-hydrogen) atoms. The van der Waals surface area contributed by atoms with E-state index in [1.54, 1.807) is 0 Å². The Kier molecular flexibility index (Phi) is 6.62. The Morgan fingerprint density at radius 2 is 2.12 bits per heavy atom. The molecule has 0 aliphatic carbocycles. The molecule has 1 atom stereocenters. The molecule has 92 valence electrons. The molecule has 0 spiro atoms. The van der Waals surface area contributed by atoms with Gasteiger partial charge in [-0.2, -0.15) is 0 Å². The van der Waals surface area contributed by atoms with Crippen LogP contribution in [0.4, 0.5) is 0 Å². The zero-order valence-corrected chi connectivity index (χ0v) is 12.8. The van der Waals surface area contributed by atoms with Gasteiger partial charge in [-0.15, -0.1) is 11.3 Å². The predicted molar refractivity (Wildman–Crippen MR) is 77.3 cm³/mol. The fourth-order valence-electron chi connectivity index (χ4n) is 1.83. The standard InChI is InChI=1S/C13H22BrNS/c1-4-5-11(9-15-10(2)3)8-12-6-7-13(14)16-12/h6-7,10-11,15H,4-5,8-9H2,1-3H3. The van der Waals surface area contributed by atoms with Gasteiger partial charge in [0.1, 0.15) is 0 Å². The summed E-state index contributed by atoms with van der Waals surface area (Å²) in [5.74, 6) is 0.776. The lowest BCUT2D eigenvalue weighted by Crippen LogP contribution is -2.29. The van der Waals surface area contributed by atoms with Gasteiger partial charge >= 0.3 is 0 Å². The Balaban J connectivity index is 2.43. The molecule has 0 radical (unpaired) electrons. The zero-order chi connectivity index (χ0) is 12.0. The summed E-state index contributed by atoms with van der Waals surface area (Å²) in [6.45, 7) is 7.84. The molecule has 0 aromatic carbocycles. The topological polar surface area (TPSA) is 12.0 Å². The van der Waals surface area contributed by atoms with Crippen molar-refractivity contribution in [2.45, 2.75) is 46.1 Å². The van der Waals surface area contributed by atoms with Gasteiger partial charge in [0.25, 0.3) is 0 Å². The Bertz CT molecular complexity index is 296. The van der Waals surface area contributed by atoms with Crippen LogP contribution in [0.1, 0.15) is 38.5 Å². The fraction of sp³-hybridized carbons (Fsp3) is 0.692. The summed E-state index contributed by atoms with van der Waals surface area (Å²) in [4.78, 5) is 1.50. The van der Waals surface area contributed by atoms with Crippen LogP contribution in [0.25, 0.3) is 0 Å². The zero-order valence-electron chi connectivity index (χ0n) is 10.4. The smallest absolute Gasteiger partial charge is 0.0701 e. The first-order chi connectivity index (χ1) is 7.61. The van der Waals surface area contributed by atoms with E-state index >= 15 is 0 Å². The van der Waals surface area contributed by atoms with Gasteiger partial charge in [-0.05, 0) is 53.4 Å². The SMILES string of the molecule is CCCC(CNC(C)C)Cc1ccc(Br)s1. The molecule has 1 heterocycles. The van der Waals surface area contributed by atoms with E-state index in [1.165, 1.54) is 27.9 Å². The molecule has 1 nitrogen and oxygen atoms in total. The van der Waals surface area contributed by atoms with Crippen molar-refractivity contribution in [2.75, 3.05) is 6.54 Å². The van der Waals surface area contributed by atoms with Crippen molar-refractivity contribution >= 4 is 27.3 Å². The van der Waals surface area contributed by atoms with Gasteiger partial charge < -0.3 is 5.32 Å². The highest BCUT2D eigenvalue weighted by atomic mass is 79.9. The van der Waals surface area contributed by atoms with E-state index in [-0.39, 0.29) is 0 Å². The summed E-state index contributed by atoms with van der Waals surface area (Å²) >= 11 is 5.39. The molecule has 1 aromatic heterocycles. The van der Waals surface area contributed by atoms with Crippen molar-refractivity contribution in [3.8, 4) is 0 Å². The van der Waals surface area contributed by atoms with E-state index in [9.17, 15) is 0 Å². The first kappa shape index (κ1) is 14.2. The number of hydrogen-bond donors (Lipinski definition) is 1. The van der Waals surface area contributed by atoms with Crippen LogP contribution >= 0.6 is 27.3 Å². The third kappa shape index (κ3) is 5.46. The second-order valence-electron chi connectivity index (χ2n) is 4.63. The van der Waals surface area contributed by atoms with Crippen molar-refractivity contribution in [1.29, 1.82) is 0 Å². The minimum atomic E-state index is 0.592. The lowest BCUT2D eigenvalue weighted by Gasteiger charge is -2.17. The highest BCUT2D eigenvalue weighted by molar-refractivity contribution is 9.11. The first-order valence-electron chi connectivity index (χ1n) is 6.09. The molecule has 0 amide bonds. The first-order valence-corrected chi connectivity index (χ1v) is 7.70. The van der Waals surface area contributed by atoms with Gasteiger partial charge in [-0.1, -0.05) is 27.2 Å². The maximum atomic E-state index is 3.55. The van der Waals surface area contributed by atoms with Crippen LogP contribution in [-0.4, -0.2) is 12.6 Å². The van der Waals surface area contributed by atoms with Crippen LogP contribution in [0.2, 0.25) is 0 Å². The monoisotopic (exact) mass is 303 g/mol. The van der Waals surface area contributed by atoms with Crippen LogP contribution < -0.4 is 5.32 Å². The molecule has 0 aliphatic rings. The van der Waals surface area contributed by atoms with Crippen LogP contribution in [0.15, 0.2) is 15.9 Å². The summed E-state index contributed by atoms with van der Waals surface area (Å²) in [5.41, 5.74) is 0. The number of hydrogen-bond acceptors (Lipinski definition) is 2. The summed E-state index contributed by atoms with van der Waals surface area (Å²) in [6, 6.07) is 4.99. The maximum absolute atomic E-state index is 3.55. The average molecular weight is 304 g/mol. The van der Waals surface area contributed by atoms with Crippen molar-refractivity contribution in [3.05, 3.63) is 20.8 Å². The highest BCUT2D eigenvalue weighted by Gasteiger charge is 2.10. The largest absolute Gasteiger partial charge is 0.314 e. The third-order valence-corrected chi connectivity index (χ3v) is 4.28. The molecule has 0 saturated carbocycles. The second-order valence-corrected chi connectivity index (χ2v) is 7.18. The van der Waals surface area contributed by atoms with Gasteiger partial charge in [0.15, 0.2) is 0 Å². The van der Waals surface area contributed by atoms with E-state index in [1.807, 2.05) is 11.3 Å². The number of halogens is 1. The molecule has 1 N–H and O–H groups in total. The quantitative estimate of drug-likeness (QED) is 0.784. The lowest BCUT2D eigenvalue weighted by atomic mass is 9.98. The molecule has 1 rings (SSSR count). The molecular weight excluding hydrogens is 282 g/mol. The van der Waals surface area contributed by atoms with E-state index < -0.39 is 0 Å². The average Bonchev–Trinajstić information content (AvgIpc) is 2.61. The summed E-state index contributed by atoms with van der Waals surface area (Å²) < 4.78 is 1.24. The van der Waals surface area contributed by atoms with Crippen LogP contribution in [0.3, 0.4) is 0 Å². The molecule has 1 unspecified atom stereocenters. The minimum absolute atomic E-state index is 0.592.